The monoisotopic (exact) mass is 445 g/mol. The van der Waals surface area contributed by atoms with Crippen molar-refractivity contribution in [3.8, 4) is 0 Å². The number of benzene rings is 2. The second-order valence-electron chi connectivity index (χ2n) is 7.69. The Hall–Kier alpha value is -1.78. The molecule has 0 aliphatic heterocycles. The summed E-state index contributed by atoms with van der Waals surface area (Å²) in [6.07, 6.45) is 4.84. The maximum atomic E-state index is 12.2. The Morgan fingerprint density at radius 3 is 2.56 bits per heavy atom. The van der Waals surface area contributed by atoms with Crippen molar-refractivity contribution in [2.24, 2.45) is 0 Å². The lowest BCUT2D eigenvalue weighted by atomic mass is 9.65. The summed E-state index contributed by atoms with van der Waals surface area (Å²) in [4.78, 5) is 12.2. The average Bonchev–Trinajstić information content (AvgIpc) is 2.88. The van der Waals surface area contributed by atoms with Crippen LogP contribution in [-0.4, -0.2) is 16.6 Å². The number of hydrogen-bond donors (Lipinski definition) is 2. The summed E-state index contributed by atoms with van der Waals surface area (Å²) < 4.78 is 1.16. The highest BCUT2D eigenvalue weighted by Gasteiger charge is 2.51. The molecule has 0 aromatic heterocycles. The second kappa shape index (κ2) is 6.68. The average molecular weight is 447 g/mol. The fourth-order valence-electron chi connectivity index (χ4n) is 4.49. The van der Waals surface area contributed by atoms with Gasteiger partial charge in [-0.15, -0.1) is 0 Å². The third-order valence-corrected chi connectivity index (χ3v) is 7.26. The van der Waals surface area contributed by atoms with Crippen LogP contribution < -0.4 is 5.32 Å². The summed E-state index contributed by atoms with van der Waals surface area (Å²) >= 11 is 9.86. The third kappa shape index (κ3) is 3.09. The van der Waals surface area contributed by atoms with Gasteiger partial charge in [0.25, 0.3) is 0 Å². The molecule has 3 nitrogen and oxygen atoms in total. The molecule has 1 fully saturated rings. The first-order chi connectivity index (χ1) is 12.8. The van der Waals surface area contributed by atoms with Gasteiger partial charge in [0, 0.05) is 20.6 Å². The summed E-state index contributed by atoms with van der Waals surface area (Å²) in [5.74, 6) is -0.806. The zero-order valence-electron chi connectivity index (χ0n) is 15.1. The molecule has 2 N–H and O–H groups in total. The minimum Gasteiger partial charge on any atom is -0.480 e. The molecule has 0 unspecified atom stereocenters. The molecule has 0 atom stereocenters. The number of anilines is 1. The normalized spacial score (nSPS) is 26.6. The lowest BCUT2D eigenvalue weighted by Gasteiger charge is -2.44. The van der Waals surface area contributed by atoms with E-state index in [1.165, 1.54) is 16.7 Å². The van der Waals surface area contributed by atoms with Gasteiger partial charge in [0.15, 0.2) is 0 Å². The molecule has 2 aromatic carbocycles. The molecule has 0 bridgehead atoms. The van der Waals surface area contributed by atoms with E-state index < -0.39 is 11.5 Å². The molecule has 0 amide bonds. The van der Waals surface area contributed by atoms with Gasteiger partial charge < -0.3 is 10.4 Å². The van der Waals surface area contributed by atoms with E-state index in [9.17, 15) is 9.90 Å². The quantitative estimate of drug-likeness (QED) is 0.595. The number of carbonyl (C=O) groups is 1. The number of aliphatic carboxylic acids is 1. The van der Waals surface area contributed by atoms with Crippen molar-refractivity contribution < 1.29 is 9.90 Å². The van der Waals surface area contributed by atoms with Crippen LogP contribution in [0, 0.1) is 6.92 Å². The van der Waals surface area contributed by atoms with Crippen molar-refractivity contribution in [1.29, 1.82) is 0 Å². The Morgan fingerprint density at radius 2 is 1.89 bits per heavy atom. The van der Waals surface area contributed by atoms with E-state index in [1.54, 1.807) is 12.1 Å². The summed E-state index contributed by atoms with van der Waals surface area (Å²) in [6, 6.07) is 13.8. The molecule has 140 valence electrons. The molecule has 0 heterocycles. The highest BCUT2D eigenvalue weighted by atomic mass is 79.9. The van der Waals surface area contributed by atoms with Crippen LogP contribution in [0.4, 0.5) is 5.69 Å². The van der Waals surface area contributed by atoms with Gasteiger partial charge in [0.1, 0.15) is 5.54 Å². The summed E-state index contributed by atoms with van der Waals surface area (Å²) in [5, 5.41) is 13.9. The van der Waals surface area contributed by atoms with Crippen LogP contribution in [0.2, 0.25) is 5.02 Å². The molecule has 0 radical (unpaired) electrons. The van der Waals surface area contributed by atoms with Crippen LogP contribution in [0.3, 0.4) is 0 Å². The summed E-state index contributed by atoms with van der Waals surface area (Å²) in [5.41, 5.74) is 3.45. The zero-order valence-corrected chi connectivity index (χ0v) is 17.4. The number of hydrogen-bond acceptors (Lipinski definition) is 2. The number of halogens is 2. The fourth-order valence-corrected chi connectivity index (χ4v) is 5.53. The molecular weight excluding hydrogens is 426 g/mol. The van der Waals surface area contributed by atoms with Crippen molar-refractivity contribution in [3.05, 3.63) is 68.7 Å². The molecule has 1 saturated carbocycles. The Kier molecular flexibility index (Phi) is 4.59. The van der Waals surface area contributed by atoms with Gasteiger partial charge in [-0.1, -0.05) is 57.4 Å². The molecule has 27 heavy (non-hydrogen) atoms. The van der Waals surface area contributed by atoms with E-state index >= 15 is 0 Å². The van der Waals surface area contributed by atoms with Gasteiger partial charge in [0.2, 0.25) is 0 Å². The van der Waals surface area contributed by atoms with Gasteiger partial charge in [0.05, 0.1) is 0 Å². The minimum atomic E-state index is -0.976. The van der Waals surface area contributed by atoms with Crippen LogP contribution in [0.15, 0.2) is 46.9 Å². The predicted octanol–water partition coefficient (Wildman–Crippen LogP) is 6.15. The van der Waals surface area contributed by atoms with E-state index in [2.05, 4.69) is 52.4 Å². The van der Waals surface area contributed by atoms with Crippen molar-refractivity contribution in [2.45, 2.75) is 43.6 Å². The van der Waals surface area contributed by atoms with Crippen LogP contribution >= 0.6 is 27.5 Å². The summed E-state index contributed by atoms with van der Waals surface area (Å²) in [6.45, 7) is 2.10. The molecule has 0 saturated heterocycles. The van der Waals surface area contributed by atoms with Gasteiger partial charge >= 0.3 is 5.97 Å². The SMILES string of the molecule is Cc1ccc2c(c1)C=C(Br)C21CCC(Nc2cccc(Cl)c2)(C(=O)O)CC1. The van der Waals surface area contributed by atoms with Crippen molar-refractivity contribution >= 4 is 45.3 Å². The van der Waals surface area contributed by atoms with Crippen molar-refractivity contribution in [1.82, 2.24) is 0 Å². The van der Waals surface area contributed by atoms with Crippen LogP contribution in [-0.2, 0) is 10.2 Å². The van der Waals surface area contributed by atoms with E-state index in [0.717, 1.165) is 23.0 Å². The summed E-state index contributed by atoms with van der Waals surface area (Å²) in [7, 11) is 0. The molecule has 2 aromatic rings. The van der Waals surface area contributed by atoms with Crippen LogP contribution in [0.5, 0.6) is 0 Å². The highest BCUT2D eigenvalue weighted by molar-refractivity contribution is 9.11. The number of carboxylic acid groups (broad SMARTS) is 1. The van der Waals surface area contributed by atoms with Gasteiger partial charge in [-0.05, 0) is 68.0 Å². The van der Waals surface area contributed by atoms with Crippen LogP contribution in [0.25, 0.3) is 6.08 Å². The van der Waals surface area contributed by atoms with Crippen molar-refractivity contribution in [3.63, 3.8) is 0 Å². The minimum absolute atomic E-state index is 0.113. The molecule has 2 aliphatic carbocycles. The third-order valence-electron chi connectivity index (χ3n) is 6.04. The largest absolute Gasteiger partial charge is 0.480 e. The Balaban J connectivity index is 1.63. The zero-order chi connectivity index (χ0) is 19.2. The lowest BCUT2D eigenvalue weighted by Crippen LogP contribution is -2.52. The Labute approximate surface area is 172 Å². The molecule has 2 aliphatic rings. The first-order valence-corrected chi connectivity index (χ1v) is 10.3. The maximum Gasteiger partial charge on any atom is 0.329 e. The van der Waals surface area contributed by atoms with Gasteiger partial charge in [-0.3, -0.25) is 0 Å². The number of nitrogens with one attached hydrogen (secondary N) is 1. The van der Waals surface area contributed by atoms with E-state index in [0.29, 0.717) is 17.9 Å². The van der Waals surface area contributed by atoms with Gasteiger partial charge in [-0.25, -0.2) is 4.79 Å². The number of allylic oxidation sites excluding steroid dienone is 1. The van der Waals surface area contributed by atoms with E-state index in [1.807, 2.05) is 12.1 Å². The molecular formula is C22H21BrClNO2. The smallest absolute Gasteiger partial charge is 0.329 e. The molecule has 1 spiro atoms. The first-order valence-electron chi connectivity index (χ1n) is 9.11. The Morgan fingerprint density at radius 1 is 1.15 bits per heavy atom. The van der Waals surface area contributed by atoms with Crippen LogP contribution in [0.1, 0.15) is 42.4 Å². The standard InChI is InChI=1S/C22H21BrClNO2/c1-14-5-6-18-15(11-14)12-19(23)21(18)7-9-22(10-8-21,20(26)27)25-17-4-2-3-16(24)13-17/h2-6,11-13,25H,7-10H2,1H3,(H,26,27). The lowest BCUT2D eigenvalue weighted by molar-refractivity contribution is -0.143. The molecule has 5 heteroatoms. The predicted molar refractivity (Wildman–Crippen MR) is 114 cm³/mol. The van der Waals surface area contributed by atoms with Gasteiger partial charge in [-0.2, -0.15) is 0 Å². The topological polar surface area (TPSA) is 49.3 Å². The number of carboxylic acids is 1. The maximum absolute atomic E-state index is 12.2. The second-order valence-corrected chi connectivity index (χ2v) is 8.98. The molecule has 4 rings (SSSR count). The van der Waals surface area contributed by atoms with E-state index in [4.69, 9.17) is 11.6 Å². The highest BCUT2D eigenvalue weighted by Crippen LogP contribution is 2.55. The number of aryl methyl sites for hydroxylation is 1. The number of fused-ring (bicyclic) bond motifs is 2. The first kappa shape index (κ1) is 18.6. The Bertz CT molecular complexity index is 945. The van der Waals surface area contributed by atoms with E-state index in [-0.39, 0.29) is 5.41 Å². The van der Waals surface area contributed by atoms with Crippen molar-refractivity contribution in [2.75, 3.05) is 5.32 Å². The fraction of sp³-hybridized carbons (Fsp3) is 0.318. The number of rotatable bonds is 3.